The van der Waals surface area contributed by atoms with Crippen molar-refractivity contribution < 1.29 is 4.74 Å². The number of unbranched alkanes of at least 4 members (excludes halogenated alkanes) is 6. The molecule has 104 valence electrons. The van der Waals surface area contributed by atoms with E-state index < -0.39 is 0 Å². The maximum Gasteiger partial charge on any atom is 0.0735 e. The van der Waals surface area contributed by atoms with Gasteiger partial charge in [0.25, 0.3) is 0 Å². The Morgan fingerprint density at radius 3 is 2.06 bits per heavy atom. The summed E-state index contributed by atoms with van der Waals surface area (Å²) < 4.78 is 5.42. The molecule has 0 aromatic rings. The topological polar surface area (TPSA) is 47.3 Å². The average Bonchev–Trinajstić information content (AvgIpc) is 2.36. The second-order valence-electron chi connectivity index (χ2n) is 4.87. The van der Waals surface area contributed by atoms with Gasteiger partial charge in [-0.15, -0.1) is 0 Å². The lowest BCUT2D eigenvalue weighted by atomic mass is 10.0. The summed E-state index contributed by atoms with van der Waals surface area (Å²) in [6.45, 7) is 4.40. The van der Waals surface area contributed by atoms with E-state index in [2.05, 4.69) is 19.3 Å². The highest BCUT2D eigenvalue weighted by Crippen LogP contribution is 2.13. The molecule has 0 rings (SSSR count). The standard InChI is InChI=1S/C14H32N2O/c1-4-6-7-8-9-10-11-12-13(16-15)14(5-2)17-3/h13-14,16H,4-12,15H2,1-3H3. The highest BCUT2D eigenvalue weighted by Gasteiger charge is 2.17. The van der Waals surface area contributed by atoms with Crippen LogP contribution in [0.25, 0.3) is 0 Å². The van der Waals surface area contributed by atoms with Crippen LogP contribution >= 0.6 is 0 Å². The zero-order chi connectivity index (χ0) is 12.9. The Morgan fingerprint density at radius 1 is 1.00 bits per heavy atom. The van der Waals surface area contributed by atoms with Crippen LogP contribution in [0.1, 0.15) is 71.6 Å². The molecule has 3 N–H and O–H groups in total. The lowest BCUT2D eigenvalue weighted by Gasteiger charge is -2.24. The van der Waals surface area contributed by atoms with Crippen molar-refractivity contribution in [2.75, 3.05) is 7.11 Å². The van der Waals surface area contributed by atoms with E-state index in [1.54, 1.807) is 7.11 Å². The number of hydrogen-bond acceptors (Lipinski definition) is 3. The molecule has 0 saturated carbocycles. The van der Waals surface area contributed by atoms with E-state index in [0.717, 1.165) is 12.8 Å². The van der Waals surface area contributed by atoms with Crippen LogP contribution in [0.5, 0.6) is 0 Å². The molecule has 0 heterocycles. The lowest BCUT2D eigenvalue weighted by Crippen LogP contribution is -2.44. The number of ether oxygens (including phenoxy) is 1. The van der Waals surface area contributed by atoms with Crippen LogP contribution in [0.2, 0.25) is 0 Å². The number of nitrogens with one attached hydrogen (secondary N) is 1. The normalized spacial score (nSPS) is 14.8. The highest BCUT2D eigenvalue weighted by atomic mass is 16.5. The fraction of sp³-hybridized carbons (Fsp3) is 1.00. The Labute approximate surface area is 107 Å². The molecule has 3 nitrogen and oxygen atoms in total. The molecule has 0 aliphatic rings. The minimum atomic E-state index is 0.250. The van der Waals surface area contributed by atoms with E-state index in [1.807, 2.05) is 0 Å². The number of rotatable bonds is 12. The first-order valence-electron chi connectivity index (χ1n) is 7.29. The Kier molecular flexibility index (Phi) is 12.3. The zero-order valence-corrected chi connectivity index (χ0v) is 12.0. The van der Waals surface area contributed by atoms with Crippen LogP contribution in [-0.2, 0) is 4.74 Å². The van der Waals surface area contributed by atoms with Crippen LogP contribution < -0.4 is 11.3 Å². The molecule has 2 unspecified atom stereocenters. The van der Waals surface area contributed by atoms with E-state index in [4.69, 9.17) is 10.6 Å². The summed E-state index contributed by atoms with van der Waals surface area (Å²) in [6.07, 6.45) is 11.8. The third kappa shape index (κ3) is 8.58. The highest BCUT2D eigenvalue weighted by molar-refractivity contribution is 4.73. The minimum Gasteiger partial charge on any atom is -0.380 e. The molecule has 0 aromatic carbocycles. The van der Waals surface area contributed by atoms with Gasteiger partial charge < -0.3 is 4.74 Å². The third-order valence-corrected chi connectivity index (χ3v) is 3.49. The van der Waals surface area contributed by atoms with Gasteiger partial charge in [0.15, 0.2) is 0 Å². The first-order chi connectivity index (χ1) is 8.29. The summed E-state index contributed by atoms with van der Waals surface area (Å²) in [5.74, 6) is 5.58. The Bertz CT molecular complexity index is 149. The van der Waals surface area contributed by atoms with Gasteiger partial charge in [-0.3, -0.25) is 11.3 Å². The van der Waals surface area contributed by atoms with Crippen molar-refractivity contribution in [3.05, 3.63) is 0 Å². The Balaban J connectivity index is 3.49. The smallest absolute Gasteiger partial charge is 0.0735 e. The summed E-state index contributed by atoms with van der Waals surface area (Å²) in [4.78, 5) is 0. The number of methoxy groups -OCH3 is 1. The Morgan fingerprint density at radius 2 is 1.59 bits per heavy atom. The predicted octanol–water partition coefficient (Wildman–Crippen LogP) is 3.38. The van der Waals surface area contributed by atoms with Crippen molar-refractivity contribution in [1.29, 1.82) is 0 Å². The maximum absolute atomic E-state index is 5.58. The van der Waals surface area contributed by atoms with Gasteiger partial charge in [0.05, 0.1) is 6.10 Å². The molecule has 0 amide bonds. The maximum atomic E-state index is 5.58. The van der Waals surface area contributed by atoms with Crippen molar-refractivity contribution >= 4 is 0 Å². The van der Waals surface area contributed by atoms with Gasteiger partial charge in [0.2, 0.25) is 0 Å². The Hall–Kier alpha value is -0.120. The summed E-state index contributed by atoms with van der Waals surface area (Å²) in [7, 11) is 1.77. The van der Waals surface area contributed by atoms with Gasteiger partial charge in [0.1, 0.15) is 0 Å². The SMILES string of the molecule is CCCCCCCCCC(NN)C(CC)OC. The van der Waals surface area contributed by atoms with Crippen molar-refractivity contribution in [1.82, 2.24) is 5.43 Å². The third-order valence-electron chi connectivity index (χ3n) is 3.49. The van der Waals surface area contributed by atoms with Gasteiger partial charge in [-0.05, 0) is 12.8 Å². The fourth-order valence-electron chi connectivity index (χ4n) is 2.31. The van der Waals surface area contributed by atoms with Crippen molar-refractivity contribution in [3.8, 4) is 0 Å². The molecule has 2 atom stereocenters. The molecule has 17 heavy (non-hydrogen) atoms. The number of nitrogens with two attached hydrogens (primary N) is 1. The summed E-state index contributed by atoms with van der Waals surface area (Å²) in [5.41, 5.74) is 2.89. The molecular weight excluding hydrogens is 212 g/mol. The zero-order valence-electron chi connectivity index (χ0n) is 12.0. The number of hydrazine groups is 1. The molecule has 0 aromatic heterocycles. The van der Waals surface area contributed by atoms with Crippen LogP contribution in [0.15, 0.2) is 0 Å². The quantitative estimate of drug-likeness (QED) is 0.314. The van der Waals surface area contributed by atoms with E-state index in [9.17, 15) is 0 Å². The molecule has 0 saturated heterocycles. The van der Waals surface area contributed by atoms with E-state index in [-0.39, 0.29) is 6.10 Å². The van der Waals surface area contributed by atoms with Gasteiger partial charge in [0, 0.05) is 13.2 Å². The van der Waals surface area contributed by atoms with E-state index in [1.165, 1.54) is 44.9 Å². The largest absolute Gasteiger partial charge is 0.380 e. The van der Waals surface area contributed by atoms with E-state index in [0.29, 0.717) is 6.04 Å². The predicted molar refractivity (Wildman–Crippen MR) is 74.8 cm³/mol. The molecule has 0 spiro atoms. The van der Waals surface area contributed by atoms with Gasteiger partial charge in [-0.1, -0.05) is 58.8 Å². The first kappa shape index (κ1) is 16.9. The second-order valence-corrected chi connectivity index (χ2v) is 4.87. The van der Waals surface area contributed by atoms with Crippen molar-refractivity contribution in [2.24, 2.45) is 5.84 Å². The van der Waals surface area contributed by atoms with Crippen LogP contribution in [-0.4, -0.2) is 19.3 Å². The average molecular weight is 244 g/mol. The summed E-state index contributed by atoms with van der Waals surface area (Å²) >= 11 is 0. The molecule has 0 bridgehead atoms. The van der Waals surface area contributed by atoms with Gasteiger partial charge >= 0.3 is 0 Å². The fourth-order valence-corrected chi connectivity index (χ4v) is 2.31. The molecule has 0 radical (unpaired) electrons. The van der Waals surface area contributed by atoms with Gasteiger partial charge in [-0.25, -0.2) is 0 Å². The lowest BCUT2D eigenvalue weighted by molar-refractivity contribution is 0.0616. The van der Waals surface area contributed by atoms with Crippen LogP contribution in [0.3, 0.4) is 0 Å². The second kappa shape index (κ2) is 12.3. The molecular formula is C14H32N2O. The monoisotopic (exact) mass is 244 g/mol. The molecule has 3 heteroatoms. The van der Waals surface area contributed by atoms with E-state index >= 15 is 0 Å². The number of hydrogen-bond donors (Lipinski definition) is 2. The molecule has 0 aliphatic carbocycles. The summed E-state index contributed by atoms with van der Waals surface area (Å²) in [6, 6.07) is 0.306. The van der Waals surface area contributed by atoms with Gasteiger partial charge in [-0.2, -0.15) is 0 Å². The molecule has 0 fully saturated rings. The van der Waals surface area contributed by atoms with Crippen molar-refractivity contribution in [2.45, 2.75) is 83.8 Å². The first-order valence-corrected chi connectivity index (χ1v) is 7.29. The van der Waals surface area contributed by atoms with Crippen LogP contribution in [0, 0.1) is 0 Å². The minimum absolute atomic E-state index is 0.250. The summed E-state index contributed by atoms with van der Waals surface area (Å²) in [5, 5.41) is 0. The van der Waals surface area contributed by atoms with Crippen molar-refractivity contribution in [3.63, 3.8) is 0 Å². The molecule has 0 aliphatic heterocycles. The van der Waals surface area contributed by atoms with Crippen LogP contribution in [0.4, 0.5) is 0 Å².